The lowest BCUT2D eigenvalue weighted by Crippen LogP contribution is -2.44. The van der Waals surface area contributed by atoms with Gasteiger partial charge >= 0.3 is 0 Å². The van der Waals surface area contributed by atoms with E-state index in [-0.39, 0.29) is 29.2 Å². The highest BCUT2D eigenvalue weighted by molar-refractivity contribution is 5.96. The Morgan fingerprint density at radius 1 is 1.25 bits per heavy atom. The molecule has 13 nitrogen and oxygen atoms in total. The van der Waals surface area contributed by atoms with E-state index in [1.165, 1.54) is 19.0 Å². The largest absolute Gasteiger partial charge is 0.382 e. The van der Waals surface area contributed by atoms with Crippen LogP contribution in [0.1, 0.15) is 55.7 Å². The molecule has 7 N–H and O–H groups in total. The zero-order chi connectivity index (χ0) is 28.4. The number of dihydropyridines is 1. The SMILES string of the molecule is CC1NC=C(C(=O)NCCN2CCCC2(C)C)C=C1NC1NN(C)c2nc(Nc3cncc(C(N)=O)c3)ncc21. The molecule has 13 heteroatoms. The van der Waals surface area contributed by atoms with Crippen LogP contribution >= 0.6 is 0 Å². The summed E-state index contributed by atoms with van der Waals surface area (Å²) >= 11 is 0. The van der Waals surface area contributed by atoms with Crippen LogP contribution in [0.4, 0.5) is 17.5 Å². The van der Waals surface area contributed by atoms with Crippen LogP contribution < -0.4 is 37.4 Å². The molecule has 1 saturated heterocycles. The summed E-state index contributed by atoms with van der Waals surface area (Å²) in [7, 11) is 1.87. The van der Waals surface area contributed by atoms with Crippen LogP contribution in [0.2, 0.25) is 0 Å². The fraction of sp³-hybridized carbons (Fsp3) is 0.444. The Hall–Kier alpha value is -4.23. The van der Waals surface area contributed by atoms with Crippen molar-refractivity contribution in [1.82, 2.24) is 41.2 Å². The molecule has 40 heavy (non-hydrogen) atoms. The Bertz CT molecular complexity index is 1360. The molecular formula is C27H37N11O2. The third kappa shape index (κ3) is 5.84. The van der Waals surface area contributed by atoms with Crippen molar-refractivity contribution in [1.29, 1.82) is 0 Å². The van der Waals surface area contributed by atoms with Gasteiger partial charge in [-0.1, -0.05) is 0 Å². The quantitative estimate of drug-likeness (QED) is 0.265. The van der Waals surface area contributed by atoms with Crippen molar-refractivity contribution in [3.8, 4) is 0 Å². The molecule has 212 valence electrons. The van der Waals surface area contributed by atoms with E-state index in [1.54, 1.807) is 24.7 Å². The molecule has 3 aliphatic heterocycles. The summed E-state index contributed by atoms with van der Waals surface area (Å²) in [6, 6.07) is 1.57. The monoisotopic (exact) mass is 547 g/mol. The number of amides is 2. The number of fused-ring (bicyclic) bond motifs is 1. The van der Waals surface area contributed by atoms with Crippen molar-refractivity contribution in [2.75, 3.05) is 37.0 Å². The number of primary amides is 1. The van der Waals surface area contributed by atoms with Crippen LogP contribution in [0.5, 0.6) is 0 Å². The molecule has 2 atom stereocenters. The second-order valence-electron chi connectivity index (χ2n) is 10.9. The number of nitrogens with zero attached hydrogens (tertiary/aromatic N) is 5. The lowest BCUT2D eigenvalue weighted by molar-refractivity contribution is -0.117. The molecule has 5 rings (SSSR count). The number of likely N-dealkylation sites (tertiary alicyclic amines) is 1. The minimum atomic E-state index is -0.564. The number of anilines is 3. The molecule has 5 heterocycles. The number of carbonyl (C=O) groups excluding carboxylic acids is 2. The van der Waals surface area contributed by atoms with E-state index >= 15 is 0 Å². The van der Waals surface area contributed by atoms with E-state index in [2.05, 4.69) is 60.4 Å². The average Bonchev–Trinajstić information content (AvgIpc) is 3.42. The van der Waals surface area contributed by atoms with Gasteiger partial charge < -0.3 is 27.0 Å². The fourth-order valence-corrected chi connectivity index (χ4v) is 5.21. The van der Waals surface area contributed by atoms with Crippen LogP contribution in [0.15, 0.2) is 48.2 Å². The van der Waals surface area contributed by atoms with Gasteiger partial charge in [0.2, 0.25) is 11.9 Å². The van der Waals surface area contributed by atoms with Gasteiger partial charge in [0.05, 0.1) is 34.6 Å². The summed E-state index contributed by atoms with van der Waals surface area (Å²) in [5.41, 5.74) is 12.0. The van der Waals surface area contributed by atoms with E-state index < -0.39 is 5.91 Å². The van der Waals surface area contributed by atoms with Crippen LogP contribution in [-0.2, 0) is 4.79 Å². The topological polar surface area (TPSA) is 165 Å². The molecule has 2 aromatic heterocycles. The molecule has 0 spiro atoms. The van der Waals surface area contributed by atoms with E-state index in [0.29, 0.717) is 29.6 Å². The molecule has 2 unspecified atom stereocenters. The third-order valence-electron chi connectivity index (χ3n) is 7.61. The number of aromatic nitrogens is 3. The molecule has 0 bridgehead atoms. The van der Waals surface area contributed by atoms with Gasteiger partial charge in [0.1, 0.15) is 6.17 Å². The number of hydrazine groups is 1. The van der Waals surface area contributed by atoms with Crippen molar-refractivity contribution in [2.45, 2.75) is 51.4 Å². The summed E-state index contributed by atoms with van der Waals surface area (Å²) in [5, 5.41) is 14.7. The summed E-state index contributed by atoms with van der Waals surface area (Å²) < 4.78 is 0. The van der Waals surface area contributed by atoms with E-state index in [4.69, 9.17) is 5.73 Å². The molecule has 2 aromatic rings. The van der Waals surface area contributed by atoms with Crippen LogP contribution in [0.3, 0.4) is 0 Å². The summed E-state index contributed by atoms with van der Waals surface area (Å²) in [6.07, 6.45) is 10.4. The number of hydrogen-bond donors (Lipinski definition) is 6. The molecule has 0 radical (unpaired) electrons. The molecule has 0 aromatic carbocycles. The number of pyridine rings is 1. The summed E-state index contributed by atoms with van der Waals surface area (Å²) in [4.78, 5) is 39.9. The maximum Gasteiger partial charge on any atom is 0.252 e. The maximum atomic E-state index is 12.9. The molecule has 0 aliphatic carbocycles. The lowest BCUT2D eigenvalue weighted by atomic mass is 10.0. The minimum absolute atomic E-state index is 0.0232. The van der Waals surface area contributed by atoms with Gasteiger partial charge in [0.15, 0.2) is 5.82 Å². The number of nitrogens with one attached hydrogen (secondary N) is 5. The van der Waals surface area contributed by atoms with E-state index in [9.17, 15) is 9.59 Å². The summed E-state index contributed by atoms with van der Waals surface area (Å²) in [5.74, 6) is 0.361. The fourth-order valence-electron chi connectivity index (χ4n) is 5.21. The van der Waals surface area contributed by atoms with Gasteiger partial charge in [-0.3, -0.25) is 24.5 Å². The van der Waals surface area contributed by atoms with Gasteiger partial charge in [-0.25, -0.2) is 10.4 Å². The first-order valence-corrected chi connectivity index (χ1v) is 13.5. The molecule has 2 amide bonds. The highest BCUT2D eigenvalue weighted by atomic mass is 16.2. The molecule has 0 saturated carbocycles. The summed E-state index contributed by atoms with van der Waals surface area (Å²) in [6.45, 7) is 9.05. The third-order valence-corrected chi connectivity index (χ3v) is 7.61. The maximum absolute atomic E-state index is 12.9. The molecule has 3 aliphatic rings. The van der Waals surface area contributed by atoms with Crippen LogP contribution in [-0.4, -0.2) is 69.9 Å². The number of rotatable bonds is 9. The van der Waals surface area contributed by atoms with Gasteiger partial charge in [0.25, 0.3) is 5.91 Å². The standard InChI is InChI=1S/C27H37N11O2/c1-16-21(11-18(13-31-16)25(40)30-7-9-38-8-5-6-27(38,2)3)34-23-20-15-32-26(35-24(20)37(4)36-23)33-19-10-17(22(28)39)12-29-14-19/h10-16,23,31,34,36H,5-9H2,1-4H3,(H2,28,39)(H,30,40)(H,32,33,35). The van der Waals surface area contributed by atoms with Crippen LogP contribution in [0, 0.1) is 0 Å². The zero-order valence-electron chi connectivity index (χ0n) is 23.3. The highest BCUT2D eigenvalue weighted by Crippen LogP contribution is 2.31. The average molecular weight is 548 g/mol. The second-order valence-corrected chi connectivity index (χ2v) is 10.9. The van der Waals surface area contributed by atoms with Gasteiger partial charge in [-0.2, -0.15) is 4.98 Å². The van der Waals surface area contributed by atoms with Crippen molar-refractivity contribution < 1.29 is 9.59 Å². The van der Waals surface area contributed by atoms with Crippen molar-refractivity contribution in [2.24, 2.45) is 5.73 Å². The van der Waals surface area contributed by atoms with Crippen LogP contribution in [0.25, 0.3) is 0 Å². The first-order chi connectivity index (χ1) is 19.1. The van der Waals surface area contributed by atoms with E-state index in [1.807, 2.05) is 25.1 Å². The molecule has 1 fully saturated rings. The Kier molecular flexibility index (Phi) is 7.59. The van der Waals surface area contributed by atoms with Crippen molar-refractivity contribution in [3.05, 3.63) is 59.3 Å². The predicted octanol–water partition coefficient (Wildman–Crippen LogP) is 1.01. The normalized spacial score (nSPS) is 21.6. The number of nitrogens with two attached hydrogens (primary N) is 1. The van der Waals surface area contributed by atoms with Gasteiger partial charge in [-0.05, 0) is 52.3 Å². The first kappa shape index (κ1) is 27.3. The Labute approximate surface area is 233 Å². The minimum Gasteiger partial charge on any atom is -0.382 e. The van der Waals surface area contributed by atoms with Crippen molar-refractivity contribution in [3.63, 3.8) is 0 Å². The first-order valence-electron chi connectivity index (χ1n) is 13.5. The highest BCUT2D eigenvalue weighted by Gasteiger charge is 2.32. The number of carbonyl (C=O) groups is 2. The predicted molar refractivity (Wildman–Crippen MR) is 152 cm³/mol. The Balaban J connectivity index is 1.23. The van der Waals surface area contributed by atoms with Gasteiger partial charge in [0, 0.05) is 50.0 Å². The zero-order valence-corrected chi connectivity index (χ0v) is 23.3. The van der Waals surface area contributed by atoms with E-state index in [0.717, 1.165) is 24.4 Å². The lowest BCUT2D eigenvalue weighted by Gasteiger charge is -2.31. The smallest absolute Gasteiger partial charge is 0.252 e. The molecular weight excluding hydrogens is 510 g/mol. The van der Waals surface area contributed by atoms with Crippen molar-refractivity contribution >= 4 is 29.3 Å². The second kappa shape index (κ2) is 11.1. The number of hydrogen-bond acceptors (Lipinski definition) is 11. The van der Waals surface area contributed by atoms with Gasteiger partial charge in [-0.15, -0.1) is 0 Å². The Morgan fingerprint density at radius 3 is 2.83 bits per heavy atom. The Morgan fingerprint density at radius 2 is 2.08 bits per heavy atom.